The molecule has 0 fully saturated rings. The minimum absolute atomic E-state index is 0.0246. The van der Waals surface area contributed by atoms with Gasteiger partial charge in [0, 0.05) is 5.56 Å². The summed E-state index contributed by atoms with van der Waals surface area (Å²) in [4.78, 5) is 5.04. The number of hydrogen-bond acceptors (Lipinski definition) is 8. The molecule has 172 valence electrons. The molecule has 0 bridgehead atoms. The smallest absolute Gasteiger partial charge is 0.403 e. The van der Waals surface area contributed by atoms with Gasteiger partial charge in [-0.15, -0.1) is 23.4 Å². The lowest BCUT2D eigenvalue weighted by Crippen LogP contribution is -2.35. The fraction of sp³-hybridized carbons (Fsp3) is 0.294. The van der Waals surface area contributed by atoms with Crippen LogP contribution in [0.5, 0.6) is 5.75 Å². The zero-order valence-corrected chi connectivity index (χ0v) is 17.1. The number of primary sulfonamides is 1. The fourth-order valence-electron chi connectivity index (χ4n) is 2.77. The van der Waals surface area contributed by atoms with Gasteiger partial charge in [-0.1, -0.05) is 18.2 Å². The van der Waals surface area contributed by atoms with Crippen molar-refractivity contribution in [3.8, 4) is 17.3 Å². The summed E-state index contributed by atoms with van der Waals surface area (Å²) < 4.78 is 77.8. The van der Waals surface area contributed by atoms with Crippen molar-refractivity contribution in [3.05, 3.63) is 53.5 Å². The number of sulfonamides is 1. The highest BCUT2D eigenvalue weighted by molar-refractivity contribution is 7.89. The number of alkyl halides is 3. The van der Waals surface area contributed by atoms with Crippen LogP contribution in [-0.2, 0) is 22.2 Å². The van der Waals surface area contributed by atoms with Gasteiger partial charge < -0.3 is 9.84 Å². The van der Waals surface area contributed by atoms with Crippen molar-refractivity contribution >= 4 is 10.0 Å². The first-order valence-corrected chi connectivity index (χ1v) is 10.5. The minimum Gasteiger partial charge on any atom is -0.403 e. The van der Waals surface area contributed by atoms with Crippen LogP contribution < -0.4 is 9.88 Å². The number of ether oxygens (including phenoxy) is 1. The van der Waals surface area contributed by atoms with E-state index < -0.39 is 39.3 Å². The highest BCUT2D eigenvalue weighted by Gasteiger charge is 2.33. The summed E-state index contributed by atoms with van der Waals surface area (Å²) in [5.41, 5.74) is -2.00. The number of halogens is 4. The summed E-state index contributed by atoms with van der Waals surface area (Å²) in [5, 5.41) is 26.9. The molecule has 2 heterocycles. The first-order valence-electron chi connectivity index (χ1n) is 8.75. The van der Waals surface area contributed by atoms with Crippen LogP contribution in [-0.4, -0.2) is 50.8 Å². The number of aliphatic hydroxyl groups is 1. The van der Waals surface area contributed by atoms with Gasteiger partial charge >= 0.3 is 6.36 Å². The molecule has 1 aromatic carbocycles. The molecule has 1 atom stereocenters. The second-order valence-corrected chi connectivity index (χ2v) is 8.52. The number of nitrogens with two attached hydrogens (primary N) is 1. The third-order valence-electron chi connectivity index (χ3n) is 4.05. The maximum Gasteiger partial charge on any atom is 0.573 e. The van der Waals surface area contributed by atoms with E-state index in [0.717, 1.165) is 10.9 Å². The molecule has 0 saturated carbocycles. The van der Waals surface area contributed by atoms with E-state index in [9.17, 15) is 31.1 Å². The molecule has 0 aliphatic heterocycles. The lowest BCUT2D eigenvalue weighted by atomic mass is 10.0. The van der Waals surface area contributed by atoms with Crippen molar-refractivity contribution in [1.29, 1.82) is 0 Å². The van der Waals surface area contributed by atoms with E-state index in [1.807, 2.05) is 0 Å². The van der Waals surface area contributed by atoms with Crippen molar-refractivity contribution in [2.75, 3.05) is 5.75 Å². The highest BCUT2D eigenvalue weighted by atomic mass is 32.2. The monoisotopic (exact) mass is 476 g/mol. The Morgan fingerprint density at radius 1 is 1.19 bits per heavy atom. The predicted molar refractivity (Wildman–Crippen MR) is 101 cm³/mol. The highest BCUT2D eigenvalue weighted by Crippen LogP contribution is 2.27. The van der Waals surface area contributed by atoms with Gasteiger partial charge in [0.1, 0.15) is 11.3 Å². The average molecular weight is 476 g/mol. The Bertz CT molecular complexity index is 1230. The zero-order valence-electron chi connectivity index (χ0n) is 16.3. The van der Waals surface area contributed by atoms with Gasteiger partial charge in [-0.05, 0) is 30.3 Å². The molecule has 0 spiro atoms. The molecule has 0 aliphatic carbocycles. The van der Waals surface area contributed by atoms with Crippen molar-refractivity contribution in [1.82, 2.24) is 25.2 Å². The van der Waals surface area contributed by atoms with Crippen LogP contribution in [0.25, 0.3) is 11.5 Å². The second-order valence-electron chi connectivity index (χ2n) is 6.91. The number of benzene rings is 1. The summed E-state index contributed by atoms with van der Waals surface area (Å²) in [6, 6.07) is 7.53. The fourth-order valence-corrected chi connectivity index (χ4v) is 3.70. The molecule has 0 unspecified atom stereocenters. The van der Waals surface area contributed by atoms with Crippen LogP contribution in [0.3, 0.4) is 0 Å². The van der Waals surface area contributed by atoms with Crippen molar-refractivity contribution in [2.24, 2.45) is 5.14 Å². The Hall–Kier alpha value is -3.17. The van der Waals surface area contributed by atoms with Crippen LogP contribution in [0, 0.1) is 5.82 Å². The first kappa shape index (κ1) is 23.5. The van der Waals surface area contributed by atoms with Crippen LogP contribution >= 0.6 is 0 Å². The normalized spacial score (nSPS) is 14.2. The Labute approximate surface area is 178 Å². The molecular weight excluding hydrogens is 460 g/mol. The zero-order chi connectivity index (χ0) is 23.7. The summed E-state index contributed by atoms with van der Waals surface area (Å²) in [6.07, 6.45) is -5.06. The molecule has 3 rings (SSSR count). The molecule has 0 amide bonds. The number of hydrogen-bond donors (Lipinski definition) is 2. The molecule has 32 heavy (non-hydrogen) atoms. The molecule has 0 radical (unpaired) electrons. The third-order valence-corrected chi connectivity index (χ3v) is 5.01. The van der Waals surface area contributed by atoms with Gasteiger partial charge in [0.25, 0.3) is 0 Å². The molecule has 2 aromatic heterocycles. The predicted octanol–water partition coefficient (Wildman–Crippen LogP) is 1.32. The van der Waals surface area contributed by atoms with Crippen LogP contribution in [0.1, 0.15) is 18.2 Å². The Morgan fingerprint density at radius 2 is 1.88 bits per heavy atom. The number of rotatable bonds is 7. The molecule has 0 aliphatic rings. The Kier molecular flexibility index (Phi) is 6.17. The van der Waals surface area contributed by atoms with Gasteiger partial charge in [-0.2, -0.15) is 4.80 Å². The van der Waals surface area contributed by atoms with Crippen LogP contribution in [0.15, 0.2) is 36.4 Å². The minimum atomic E-state index is -5.06. The SMILES string of the molecule is C[C@](O)(CS(N)(=O)=O)c1cccc(-c2nnn(Cc3cccc(OC(F)(F)F)c3F)n2)n1. The van der Waals surface area contributed by atoms with E-state index >= 15 is 0 Å². The number of aromatic nitrogens is 5. The quantitative estimate of drug-likeness (QED) is 0.486. The van der Waals surface area contributed by atoms with E-state index in [1.54, 1.807) is 0 Å². The van der Waals surface area contributed by atoms with Crippen molar-refractivity contribution in [2.45, 2.75) is 25.4 Å². The van der Waals surface area contributed by atoms with Gasteiger partial charge in [0.05, 0.1) is 18.0 Å². The topological polar surface area (TPSA) is 146 Å². The van der Waals surface area contributed by atoms with Crippen LogP contribution in [0.4, 0.5) is 17.6 Å². The standard InChI is InChI=1S/C17H16F4N6O4S/c1-16(28,9-32(22,29)30)13-7-3-5-11(23-13)15-24-26-27(25-15)8-10-4-2-6-12(14(10)18)31-17(19,20)21/h2-7,28H,8-9H2,1H3,(H2,22,29,30)/t16-/m0/s1. The maximum atomic E-state index is 14.3. The average Bonchev–Trinajstić information content (AvgIpc) is 3.11. The van der Waals surface area contributed by atoms with Gasteiger partial charge in [-0.25, -0.2) is 22.9 Å². The third kappa shape index (κ3) is 5.95. The lowest BCUT2D eigenvalue weighted by molar-refractivity contribution is -0.275. The van der Waals surface area contributed by atoms with Gasteiger partial charge in [0.2, 0.25) is 15.8 Å². The molecule has 0 saturated heterocycles. The molecular formula is C17H16F4N6O4S. The van der Waals surface area contributed by atoms with E-state index in [0.29, 0.717) is 0 Å². The van der Waals surface area contributed by atoms with E-state index in [4.69, 9.17) is 5.14 Å². The summed E-state index contributed by atoms with van der Waals surface area (Å²) >= 11 is 0. The largest absolute Gasteiger partial charge is 0.573 e. The first-order chi connectivity index (χ1) is 14.7. The molecule has 15 heteroatoms. The Morgan fingerprint density at radius 3 is 2.53 bits per heavy atom. The Balaban J connectivity index is 1.84. The number of pyridine rings is 1. The van der Waals surface area contributed by atoms with Gasteiger partial charge in [-0.3, -0.25) is 0 Å². The van der Waals surface area contributed by atoms with E-state index in [2.05, 4.69) is 25.1 Å². The lowest BCUT2D eigenvalue weighted by Gasteiger charge is -2.21. The number of tetrazole rings is 1. The van der Waals surface area contributed by atoms with Crippen molar-refractivity contribution in [3.63, 3.8) is 0 Å². The van der Waals surface area contributed by atoms with E-state index in [1.165, 1.54) is 37.3 Å². The molecule has 10 nitrogen and oxygen atoms in total. The maximum absolute atomic E-state index is 14.3. The van der Waals surface area contributed by atoms with Gasteiger partial charge in [0.15, 0.2) is 11.6 Å². The van der Waals surface area contributed by atoms with E-state index in [-0.39, 0.29) is 29.3 Å². The van der Waals surface area contributed by atoms with Crippen LogP contribution in [0.2, 0.25) is 0 Å². The summed E-state index contributed by atoms with van der Waals surface area (Å²) in [7, 11) is -4.01. The number of nitrogens with zero attached hydrogens (tertiary/aromatic N) is 5. The summed E-state index contributed by atoms with van der Waals surface area (Å²) in [5.74, 6) is -3.07. The second kappa shape index (κ2) is 8.40. The molecule has 3 N–H and O–H groups in total. The summed E-state index contributed by atoms with van der Waals surface area (Å²) in [6.45, 7) is 0.850. The molecule has 3 aromatic rings. The van der Waals surface area contributed by atoms with Crippen molar-refractivity contribution < 1.29 is 35.8 Å².